The number of aliphatic hydroxyl groups is 1. The highest BCUT2D eigenvalue weighted by molar-refractivity contribution is 5.85. The first kappa shape index (κ1) is 30.5. The van der Waals surface area contributed by atoms with Crippen LogP contribution in [-0.4, -0.2) is 36.1 Å². The second kappa shape index (κ2) is 11.0. The van der Waals surface area contributed by atoms with Crippen molar-refractivity contribution < 1.29 is 36.2 Å². The zero-order valence-electron chi connectivity index (χ0n) is 18.1. The highest BCUT2D eigenvalue weighted by atomic mass is 35.5. The number of nitrogens with two attached hydrogens (primary N) is 1. The summed E-state index contributed by atoms with van der Waals surface area (Å²) in [4.78, 5) is 0. The van der Waals surface area contributed by atoms with E-state index in [1.807, 2.05) is 18.2 Å². The fourth-order valence-corrected chi connectivity index (χ4v) is 4.52. The maximum atomic E-state index is 13.3. The van der Waals surface area contributed by atoms with Crippen LogP contribution in [0, 0.1) is 5.92 Å². The second-order valence-electron chi connectivity index (χ2n) is 7.91. The average molecular weight is 535 g/mol. The molecule has 2 aromatic carbocycles. The zero-order valence-corrected chi connectivity index (χ0v) is 19.7. The van der Waals surface area contributed by atoms with Gasteiger partial charge in [0.05, 0.1) is 0 Å². The number of hydrogen-bond acceptors (Lipinski definition) is 4. The Morgan fingerprint density at radius 3 is 2.12 bits per heavy atom. The number of hydrogen-bond donors (Lipinski definition) is 2. The molecule has 192 valence electrons. The van der Waals surface area contributed by atoms with Crippen LogP contribution in [0.4, 0.5) is 26.3 Å². The quantitative estimate of drug-likeness (QED) is 0.394. The summed E-state index contributed by atoms with van der Waals surface area (Å²) in [5.74, 6) is 5.92. The van der Waals surface area contributed by atoms with Gasteiger partial charge in [0.25, 0.3) is 5.60 Å². The maximum absolute atomic E-state index is 13.3. The van der Waals surface area contributed by atoms with E-state index in [0.29, 0.717) is 25.5 Å². The van der Waals surface area contributed by atoms with Gasteiger partial charge in [-0.25, -0.2) is 5.01 Å². The van der Waals surface area contributed by atoms with Crippen LogP contribution in [0.1, 0.15) is 29.5 Å². The standard InChI is InChI=1S/C22H24F6N2O2.2ClH/c1-32-19(16-8-3-2-4-9-16)17(11-6-12-30(19)29)13-15-7-5-10-18(14-15)20(31,21(23,24)25)22(26,27)28;;/h2-5,7-10,14,17,31H,6,11-13,29H2,1H3;2*1H/t17-,19+;;/m0../s1. The Kier molecular flexibility index (Phi) is 9.87. The van der Waals surface area contributed by atoms with E-state index in [4.69, 9.17) is 10.6 Å². The Bertz CT molecular complexity index is 916. The normalized spacial score (nSPS) is 22.0. The lowest BCUT2D eigenvalue weighted by Crippen LogP contribution is -2.59. The van der Waals surface area contributed by atoms with Gasteiger partial charge in [0, 0.05) is 30.7 Å². The van der Waals surface area contributed by atoms with Crippen LogP contribution in [-0.2, 0) is 22.5 Å². The lowest BCUT2D eigenvalue weighted by Gasteiger charge is -2.49. The van der Waals surface area contributed by atoms with Crippen molar-refractivity contribution in [2.45, 2.75) is 42.9 Å². The van der Waals surface area contributed by atoms with Crippen molar-refractivity contribution in [3.8, 4) is 0 Å². The third kappa shape index (κ3) is 5.17. The molecule has 3 N–H and O–H groups in total. The van der Waals surface area contributed by atoms with Crippen LogP contribution in [0.25, 0.3) is 0 Å². The third-order valence-corrected chi connectivity index (χ3v) is 6.08. The molecule has 2 atom stereocenters. The van der Waals surface area contributed by atoms with Gasteiger partial charge in [-0.1, -0.05) is 54.6 Å². The van der Waals surface area contributed by atoms with Gasteiger partial charge in [0.2, 0.25) is 0 Å². The Morgan fingerprint density at radius 1 is 1.00 bits per heavy atom. The molecular weight excluding hydrogens is 509 g/mol. The second-order valence-corrected chi connectivity index (χ2v) is 7.91. The van der Waals surface area contributed by atoms with Gasteiger partial charge in [-0.05, 0) is 24.8 Å². The SMILES string of the molecule is CO[C@]1(c2ccccc2)[C@H](Cc2cccc(C(O)(C(F)(F)F)C(F)(F)F)c2)CCCN1N.Cl.Cl. The molecule has 1 fully saturated rings. The molecule has 0 unspecified atom stereocenters. The first-order valence-electron chi connectivity index (χ1n) is 9.96. The van der Waals surface area contributed by atoms with Crippen molar-refractivity contribution in [2.75, 3.05) is 13.7 Å². The Balaban J connectivity index is 0.00000289. The molecule has 12 heteroatoms. The predicted molar refractivity (Wildman–Crippen MR) is 119 cm³/mol. The molecule has 3 rings (SSSR count). The molecule has 1 aliphatic heterocycles. The third-order valence-electron chi connectivity index (χ3n) is 6.08. The van der Waals surface area contributed by atoms with E-state index in [9.17, 15) is 31.4 Å². The highest BCUT2D eigenvalue weighted by Crippen LogP contribution is 2.50. The molecule has 0 amide bonds. The monoisotopic (exact) mass is 534 g/mol. The predicted octanol–water partition coefficient (Wildman–Crippen LogP) is 5.47. The molecule has 0 spiro atoms. The molecule has 1 aliphatic rings. The Morgan fingerprint density at radius 2 is 1.59 bits per heavy atom. The highest BCUT2D eigenvalue weighted by Gasteiger charge is 2.71. The molecule has 1 heterocycles. The number of ether oxygens (including phenoxy) is 1. The minimum Gasteiger partial charge on any atom is -0.369 e. The zero-order chi connectivity index (χ0) is 23.8. The summed E-state index contributed by atoms with van der Waals surface area (Å²) in [6, 6.07) is 12.9. The fraction of sp³-hybridized carbons (Fsp3) is 0.455. The van der Waals surface area contributed by atoms with Gasteiger partial charge in [-0.2, -0.15) is 26.3 Å². The van der Waals surface area contributed by atoms with Gasteiger partial charge in [-0.15, -0.1) is 24.8 Å². The summed E-state index contributed by atoms with van der Waals surface area (Å²) in [5.41, 5.74) is -6.43. The molecule has 0 aromatic heterocycles. The van der Waals surface area contributed by atoms with Gasteiger partial charge in [0.15, 0.2) is 5.72 Å². The van der Waals surface area contributed by atoms with Crippen molar-refractivity contribution in [2.24, 2.45) is 11.8 Å². The van der Waals surface area contributed by atoms with Gasteiger partial charge in [-0.3, -0.25) is 5.84 Å². The number of halogens is 8. The first-order chi connectivity index (χ1) is 14.9. The van der Waals surface area contributed by atoms with E-state index in [1.165, 1.54) is 18.2 Å². The Labute approximate surface area is 205 Å². The van der Waals surface area contributed by atoms with Crippen LogP contribution in [0.15, 0.2) is 54.6 Å². The summed E-state index contributed by atoms with van der Waals surface area (Å²) >= 11 is 0. The van der Waals surface area contributed by atoms with Crippen molar-refractivity contribution in [3.05, 3.63) is 71.3 Å². The molecule has 4 nitrogen and oxygen atoms in total. The van der Waals surface area contributed by atoms with Crippen LogP contribution in [0.3, 0.4) is 0 Å². The number of hydrazine groups is 1. The minimum absolute atomic E-state index is 0. The van der Waals surface area contributed by atoms with Crippen molar-refractivity contribution in [1.29, 1.82) is 0 Å². The van der Waals surface area contributed by atoms with Crippen LogP contribution in [0.2, 0.25) is 0 Å². The van der Waals surface area contributed by atoms with E-state index < -0.39 is 29.2 Å². The number of nitrogens with zero attached hydrogens (tertiary/aromatic N) is 1. The van der Waals surface area contributed by atoms with Crippen molar-refractivity contribution in [1.82, 2.24) is 5.01 Å². The summed E-state index contributed by atoms with van der Waals surface area (Å²) < 4.78 is 85.7. The molecule has 0 radical (unpaired) electrons. The van der Waals surface area contributed by atoms with Crippen LogP contribution < -0.4 is 5.84 Å². The molecule has 34 heavy (non-hydrogen) atoms. The van der Waals surface area contributed by atoms with E-state index in [2.05, 4.69) is 0 Å². The molecular formula is C22H26Cl2F6N2O2. The van der Waals surface area contributed by atoms with Gasteiger partial charge >= 0.3 is 12.4 Å². The Hall–Kier alpha value is -1.56. The van der Waals surface area contributed by atoms with Crippen LogP contribution >= 0.6 is 24.8 Å². The number of rotatable bonds is 5. The van der Waals surface area contributed by atoms with Gasteiger partial charge in [0.1, 0.15) is 0 Å². The summed E-state index contributed by atoms with van der Waals surface area (Å²) in [7, 11) is 1.47. The first-order valence-corrected chi connectivity index (χ1v) is 9.96. The molecule has 2 aromatic rings. The van der Waals surface area contributed by atoms with E-state index >= 15 is 0 Å². The topological polar surface area (TPSA) is 58.7 Å². The minimum atomic E-state index is -5.94. The lowest BCUT2D eigenvalue weighted by atomic mass is 9.77. The smallest absolute Gasteiger partial charge is 0.369 e. The van der Waals surface area contributed by atoms with Gasteiger partial charge < -0.3 is 9.84 Å². The van der Waals surface area contributed by atoms with Crippen molar-refractivity contribution >= 4 is 24.8 Å². The summed E-state index contributed by atoms with van der Waals surface area (Å²) in [6.45, 7) is 0.501. The number of alkyl halides is 6. The average Bonchev–Trinajstić information content (AvgIpc) is 2.73. The van der Waals surface area contributed by atoms with Crippen molar-refractivity contribution in [3.63, 3.8) is 0 Å². The lowest BCUT2D eigenvalue weighted by molar-refractivity contribution is -0.376. The van der Waals surface area contributed by atoms with Crippen LogP contribution in [0.5, 0.6) is 0 Å². The summed E-state index contributed by atoms with van der Waals surface area (Å²) in [6.07, 6.45) is -10.5. The summed E-state index contributed by atoms with van der Waals surface area (Å²) in [5, 5.41) is 11.3. The molecule has 0 aliphatic carbocycles. The van der Waals surface area contributed by atoms with E-state index in [-0.39, 0.29) is 42.7 Å². The number of benzene rings is 2. The molecule has 0 saturated carbocycles. The molecule has 0 bridgehead atoms. The van der Waals surface area contributed by atoms with E-state index in [1.54, 1.807) is 12.1 Å². The largest absolute Gasteiger partial charge is 0.430 e. The number of piperidine rings is 1. The maximum Gasteiger partial charge on any atom is 0.430 e. The number of methoxy groups -OCH3 is 1. The fourth-order valence-electron chi connectivity index (χ4n) is 4.52. The molecule has 1 saturated heterocycles. The van der Waals surface area contributed by atoms with E-state index in [0.717, 1.165) is 17.7 Å².